The number of nitrogen functional groups attached to an aromatic ring is 1. The van der Waals surface area contributed by atoms with Crippen molar-refractivity contribution in [3.8, 4) is 22.9 Å². The molecule has 2 aromatic carbocycles. The van der Waals surface area contributed by atoms with E-state index < -0.39 is 17.3 Å². The summed E-state index contributed by atoms with van der Waals surface area (Å²) in [4.78, 5) is 46.0. The molecule has 7 rings (SSSR count). The molecule has 1 saturated heterocycles. The fourth-order valence-electron chi connectivity index (χ4n) is 6.75. The number of hydrogen-bond donors (Lipinski definition) is 2. The number of nitrogens with zero attached hydrogens (tertiary/aromatic N) is 6. The van der Waals surface area contributed by atoms with Crippen LogP contribution in [0.3, 0.4) is 0 Å². The third kappa shape index (κ3) is 5.92. The molecule has 0 spiro atoms. The monoisotopic (exact) mass is 658 g/mol. The van der Waals surface area contributed by atoms with E-state index in [1.165, 1.54) is 41.2 Å². The Morgan fingerprint density at radius 2 is 1.69 bits per heavy atom. The first-order valence-electron chi connectivity index (χ1n) is 16.4. The van der Waals surface area contributed by atoms with Crippen LogP contribution in [0.25, 0.3) is 22.3 Å². The van der Waals surface area contributed by atoms with Crippen LogP contribution in [0.4, 0.5) is 15.9 Å². The van der Waals surface area contributed by atoms with E-state index in [9.17, 15) is 24.0 Å². The van der Waals surface area contributed by atoms with Crippen molar-refractivity contribution < 1.29 is 14.0 Å². The zero-order valence-electron chi connectivity index (χ0n) is 27.2. The first kappa shape index (κ1) is 31.8. The van der Waals surface area contributed by atoms with Gasteiger partial charge in [0.05, 0.1) is 5.69 Å². The number of rotatable bonds is 7. The highest BCUT2D eigenvalue weighted by Crippen LogP contribution is 2.42. The van der Waals surface area contributed by atoms with Gasteiger partial charge in [-0.2, -0.15) is 10.4 Å². The van der Waals surface area contributed by atoms with Crippen LogP contribution < -0.4 is 16.6 Å². The number of piperidine rings is 1. The van der Waals surface area contributed by atoms with Gasteiger partial charge in [-0.1, -0.05) is 26.0 Å². The summed E-state index contributed by atoms with van der Waals surface area (Å²) in [5.41, 5.74) is 10.5. The Hall–Kier alpha value is -5.83. The van der Waals surface area contributed by atoms with Gasteiger partial charge in [0.15, 0.2) is 5.82 Å². The molecule has 248 valence electrons. The molecule has 1 aliphatic carbocycles. The smallest absolute Gasteiger partial charge is 0.269 e. The van der Waals surface area contributed by atoms with Gasteiger partial charge >= 0.3 is 0 Å². The molecule has 2 fully saturated rings. The standard InChI is InChI=1S/C37H35FN8O3/c1-21(2)36(48)44-15-13-24(14-16-44)31-18-29(33-34(40)41-20-42-46(31)33)23-5-9-26(10-6-23)43-35(47)30-17-28(22-3-4-22)32(19-39)45(37(30)49)27-11-7-25(38)8-12-27/h5-12,17-18,20-22,24H,3-4,13-16H2,1-2H3,(H,43,47)(H2,40,41,42). The first-order valence-corrected chi connectivity index (χ1v) is 16.4. The van der Waals surface area contributed by atoms with E-state index in [0.29, 0.717) is 41.4 Å². The number of halogens is 1. The lowest BCUT2D eigenvalue weighted by atomic mass is 9.92. The summed E-state index contributed by atoms with van der Waals surface area (Å²) >= 11 is 0. The minimum absolute atomic E-state index is 0.0398. The Labute approximate surface area is 281 Å². The van der Waals surface area contributed by atoms with Gasteiger partial charge in [0.1, 0.15) is 35.0 Å². The van der Waals surface area contributed by atoms with Crippen LogP contribution in [0.2, 0.25) is 0 Å². The molecule has 0 radical (unpaired) electrons. The Morgan fingerprint density at radius 1 is 1.00 bits per heavy atom. The number of carbonyl (C=O) groups excluding carboxylic acids is 2. The molecule has 49 heavy (non-hydrogen) atoms. The molecule has 12 heteroatoms. The van der Waals surface area contributed by atoms with Crippen LogP contribution in [0.15, 0.2) is 71.8 Å². The topological polar surface area (TPSA) is 151 Å². The lowest BCUT2D eigenvalue weighted by Crippen LogP contribution is -2.40. The highest BCUT2D eigenvalue weighted by atomic mass is 19.1. The molecule has 0 unspecified atom stereocenters. The number of likely N-dealkylation sites (tertiary alicyclic amines) is 1. The maximum Gasteiger partial charge on any atom is 0.269 e. The van der Waals surface area contributed by atoms with Gasteiger partial charge in [-0.25, -0.2) is 13.9 Å². The van der Waals surface area contributed by atoms with E-state index in [1.807, 2.05) is 35.4 Å². The van der Waals surface area contributed by atoms with Crippen LogP contribution in [0.1, 0.15) is 78.7 Å². The summed E-state index contributed by atoms with van der Waals surface area (Å²) in [5.74, 6) is -0.378. The van der Waals surface area contributed by atoms with Crippen molar-refractivity contribution in [2.45, 2.75) is 51.4 Å². The number of anilines is 2. The van der Waals surface area contributed by atoms with Crippen molar-refractivity contribution in [1.29, 1.82) is 5.26 Å². The Morgan fingerprint density at radius 3 is 2.33 bits per heavy atom. The number of nitriles is 1. The maximum absolute atomic E-state index is 13.7. The quantitative estimate of drug-likeness (QED) is 0.230. The molecule has 1 aliphatic heterocycles. The third-order valence-electron chi connectivity index (χ3n) is 9.47. The van der Waals surface area contributed by atoms with Crippen molar-refractivity contribution in [3.63, 3.8) is 0 Å². The Kier molecular flexibility index (Phi) is 8.20. The summed E-state index contributed by atoms with van der Waals surface area (Å²) in [6.07, 6.45) is 4.75. The molecular formula is C37H35FN8O3. The minimum Gasteiger partial charge on any atom is -0.382 e. The number of aromatic nitrogens is 4. The van der Waals surface area contributed by atoms with Crippen molar-refractivity contribution in [2.75, 3.05) is 24.1 Å². The second-order valence-corrected chi connectivity index (χ2v) is 13.0. The highest BCUT2D eigenvalue weighted by Gasteiger charge is 2.31. The third-order valence-corrected chi connectivity index (χ3v) is 9.47. The average Bonchev–Trinajstić information content (AvgIpc) is 3.88. The van der Waals surface area contributed by atoms with Crippen LogP contribution in [0.5, 0.6) is 0 Å². The van der Waals surface area contributed by atoms with E-state index in [2.05, 4.69) is 27.5 Å². The summed E-state index contributed by atoms with van der Waals surface area (Å²) in [6, 6.07) is 18.2. The van der Waals surface area contributed by atoms with Gasteiger partial charge in [-0.3, -0.25) is 19.0 Å². The fraction of sp³-hybridized carbons (Fsp3) is 0.297. The molecule has 0 atom stereocenters. The number of hydrogen-bond acceptors (Lipinski definition) is 7. The zero-order valence-corrected chi connectivity index (χ0v) is 27.2. The van der Waals surface area contributed by atoms with Crippen molar-refractivity contribution in [1.82, 2.24) is 24.1 Å². The van der Waals surface area contributed by atoms with Gasteiger partial charge < -0.3 is 16.0 Å². The second-order valence-electron chi connectivity index (χ2n) is 13.0. The molecular weight excluding hydrogens is 623 g/mol. The predicted molar refractivity (Wildman–Crippen MR) is 183 cm³/mol. The molecule has 1 saturated carbocycles. The van der Waals surface area contributed by atoms with Crippen molar-refractivity contribution in [2.24, 2.45) is 5.92 Å². The number of nitrogens with two attached hydrogens (primary N) is 1. The van der Waals surface area contributed by atoms with Gasteiger partial charge in [-0.05, 0) is 91.3 Å². The van der Waals surface area contributed by atoms with Crippen LogP contribution in [-0.2, 0) is 4.79 Å². The average molecular weight is 659 g/mol. The van der Waals surface area contributed by atoms with Gasteiger partial charge in [-0.15, -0.1) is 0 Å². The number of amides is 2. The van der Waals surface area contributed by atoms with E-state index in [0.717, 1.165) is 42.5 Å². The van der Waals surface area contributed by atoms with Gasteiger partial charge in [0.2, 0.25) is 5.91 Å². The first-order chi connectivity index (χ1) is 23.6. The molecule has 2 aliphatic rings. The molecule has 3 aromatic heterocycles. The Bertz CT molecular complexity index is 2190. The molecule has 4 heterocycles. The summed E-state index contributed by atoms with van der Waals surface area (Å²) in [5, 5.41) is 17.4. The normalized spacial score (nSPS) is 15.0. The molecule has 2 amide bonds. The zero-order chi connectivity index (χ0) is 34.4. The lowest BCUT2D eigenvalue weighted by Gasteiger charge is -2.33. The molecule has 5 aromatic rings. The van der Waals surface area contributed by atoms with E-state index >= 15 is 0 Å². The Balaban J connectivity index is 1.17. The predicted octanol–water partition coefficient (Wildman–Crippen LogP) is 5.63. The van der Waals surface area contributed by atoms with Crippen molar-refractivity contribution in [3.05, 3.63) is 106 Å². The van der Waals surface area contributed by atoms with E-state index in [4.69, 9.17) is 5.73 Å². The number of carbonyl (C=O) groups is 2. The number of benzene rings is 2. The lowest BCUT2D eigenvalue weighted by molar-refractivity contribution is -0.135. The van der Waals surface area contributed by atoms with Crippen molar-refractivity contribution >= 4 is 28.8 Å². The molecule has 0 bridgehead atoms. The number of pyridine rings is 1. The largest absolute Gasteiger partial charge is 0.382 e. The SMILES string of the molecule is CC(C)C(=O)N1CCC(c2cc(-c3ccc(NC(=O)c4cc(C5CC5)c(C#N)n(-c5ccc(F)cc5)c4=O)cc3)c3c(N)ncnn23)CC1. The minimum atomic E-state index is -0.663. The van der Waals surface area contributed by atoms with Gasteiger partial charge in [0, 0.05) is 41.9 Å². The number of fused-ring (bicyclic) bond motifs is 1. The van der Waals surface area contributed by atoms with Crippen LogP contribution >= 0.6 is 0 Å². The van der Waals surface area contributed by atoms with E-state index in [-0.39, 0.29) is 34.9 Å². The van der Waals surface area contributed by atoms with Crippen LogP contribution in [0, 0.1) is 23.1 Å². The van der Waals surface area contributed by atoms with Gasteiger partial charge in [0.25, 0.3) is 11.5 Å². The van der Waals surface area contributed by atoms with E-state index in [1.54, 1.807) is 12.1 Å². The molecule has 3 N–H and O–H groups in total. The summed E-state index contributed by atoms with van der Waals surface area (Å²) in [7, 11) is 0. The fourth-order valence-corrected chi connectivity index (χ4v) is 6.75. The summed E-state index contributed by atoms with van der Waals surface area (Å²) < 4.78 is 16.7. The second kappa shape index (κ2) is 12.6. The summed E-state index contributed by atoms with van der Waals surface area (Å²) in [6.45, 7) is 5.19. The number of nitrogens with one attached hydrogen (secondary N) is 1. The van der Waals surface area contributed by atoms with Crippen LogP contribution in [-0.4, -0.2) is 49.0 Å². The maximum atomic E-state index is 13.7. The highest BCUT2D eigenvalue weighted by molar-refractivity contribution is 6.04. The molecule has 11 nitrogen and oxygen atoms in total.